The Morgan fingerprint density at radius 1 is 1.38 bits per heavy atom. The summed E-state index contributed by atoms with van der Waals surface area (Å²) >= 11 is 3.12. The molecule has 2 rings (SSSR count). The first kappa shape index (κ1) is 15.9. The maximum absolute atomic E-state index is 13.4. The summed E-state index contributed by atoms with van der Waals surface area (Å²) in [5.41, 5.74) is -1.16. The summed E-state index contributed by atoms with van der Waals surface area (Å²) in [4.78, 5) is 24.0. The van der Waals surface area contributed by atoms with Gasteiger partial charge in [0, 0.05) is 10.0 Å². The van der Waals surface area contributed by atoms with Gasteiger partial charge in [-0.15, -0.1) is 0 Å². The molecule has 4 nitrogen and oxygen atoms in total. The Balaban J connectivity index is 2.28. The van der Waals surface area contributed by atoms with Gasteiger partial charge in [-0.2, -0.15) is 0 Å². The Hall–Kier alpha value is -1.43. The lowest BCUT2D eigenvalue weighted by atomic mass is 9.73. The maximum Gasteiger partial charge on any atom is 0.329 e. The molecule has 2 unspecified atom stereocenters. The van der Waals surface area contributed by atoms with E-state index in [0.29, 0.717) is 10.9 Å². The van der Waals surface area contributed by atoms with Crippen LogP contribution in [0.5, 0.6) is 0 Å². The minimum atomic E-state index is -1.27. The summed E-state index contributed by atoms with van der Waals surface area (Å²) in [6, 6.07) is 3.82. The molecule has 0 radical (unpaired) electrons. The second-order valence-corrected chi connectivity index (χ2v) is 6.45. The zero-order valence-electron chi connectivity index (χ0n) is 11.7. The summed E-state index contributed by atoms with van der Waals surface area (Å²) < 4.78 is 13.8. The molecule has 0 aromatic heterocycles. The fourth-order valence-electron chi connectivity index (χ4n) is 2.86. The van der Waals surface area contributed by atoms with E-state index >= 15 is 0 Å². The molecule has 1 fully saturated rings. The summed E-state index contributed by atoms with van der Waals surface area (Å²) in [6.07, 6.45) is 2.85. The normalized spacial score (nSPS) is 25.4. The standard InChI is InChI=1S/C15H17BrFNO3/c1-9-4-2-3-5-15(9,14(20)21)18-13(19)10-6-11(16)8-12(17)7-10/h6-9H,2-5H2,1H3,(H,18,19)(H,20,21). The zero-order valence-corrected chi connectivity index (χ0v) is 13.2. The molecule has 1 amide bonds. The fraction of sp³-hybridized carbons (Fsp3) is 0.467. The molecular formula is C15H17BrFNO3. The van der Waals surface area contributed by atoms with E-state index in [-0.39, 0.29) is 11.5 Å². The van der Waals surface area contributed by atoms with Crippen molar-refractivity contribution in [3.8, 4) is 0 Å². The lowest BCUT2D eigenvalue weighted by Crippen LogP contribution is -2.60. The van der Waals surface area contributed by atoms with Gasteiger partial charge in [-0.3, -0.25) is 4.79 Å². The van der Waals surface area contributed by atoms with E-state index in [9.17, 15) is 19.1 Å². The number of amides is 1. The number of hydrogen-bond donors (Lipinski definition) is 2. The van der Waals surface area contributed by atoms with E-state index in [2.05, 4.69) is 21.2 Å². The Bertz CT molecular complexity index is 558. The van der Waals surface area contributed by atoms with Crippen molar-refractivity contribution in [3.05, 3.63) is 34.1 Å². The van der Waals surface area contributed by atoms with Gasteiger partial charge < -0.3 is 10.4 Å². The lowest BCUT2D eigenvalue weighted by molar-refractivity contribution is -0.148. The third-order valence-corrected chi connectivity index (χ3v) is 4.60. The van der Waals surface area contributed by atoms with Crippen LogP contribution in [-0.4, -0.2) is 22.5 Å². The van der Waals surface area contributed by atoms with Crippen molar-refractivity contribution in [2.45, 2.75) is 38.1 Å². The molecule has 6 heteroatoms. The highest BCUT2D eigenvalue weighted by atomic mass is 79.9. The van der Waals surface area contributed by atoms with Crippen LogP contribution in [0.15, 0.2) is 22.7 Å². The molecule has 1 aromatic carbocycles. The van der Waals surface area contributed by atoms with Crippen LogP contribution in [-0.2, 0) is 4.79 Å². The van der Waals surface area contributed by atoms with Gasteiger partial charge in [0.05, 0.1) is 0 Å². The summed E-state index contributed by atoms with van der Waals surface area (Å²) in [6.45, 7) is 1.83. The highest BCUT2D eigenvalue weighted by Crippen LogP contribution is 2.34. The van der Waals surface area contributed by atoms with Crippen LogP contribution in [0.4, 0.5) is 4.39 Å². The predicted octanol–water partition coefficient (Wildman–Crippen LogP) is 3.35. The fourth-order valence-corrected chi connectivity index (χ4v) is 3.33. The number of carbonyl (C=O) groups excluding carboxylic acids is 1. The number of hydrogen-bond acceptors (Lipinski definition) is 2. The highest BCUT2D eigenvalue weighted by Gasteiger charge is 2.46. The Labute approximate surface area is 130 Å². The van der Waals surface area contributed by atoms with Crippen LogP contribution in [0.3, 0.4) is 0 Å². The van der Waals surface area contributed by atoms with Gasteiger partial charge in [-0.05, 0) is 37.0 Å². The number of carboxylic acid groups (broad SMARTS) is 1. The molecule has 2 N–H and O–H groups in total. The first-order valence-electron chi connectivity index (χ1n) is 6.87. The molecule has 0 aliphatic heterocycles. The van der Waals surface area contributed by atoms with Crippen LogP contribution >= 0.6 is 15.9 Å². The number of carbonyl (C=O) groups is 2. The Morgan fingerprint density at radius 2 is 2.10 bits per heavy atom. The van der Waals surface area contributed by atoms with E-state index in [1.807, 2.05) is 6.92 Å². The van der Waals surface area contributed by atoms with Gasteiger partial charge in [-0.1, -0.05) is 35.7 Å². The van der Waals surface area contributed by atoms with Crippen molar-refractivity contribution in [1.29, 1.82) is 0 Å². The van der Waals surface area contributed by atoms with Gasteiger partial charge >= 0.3 is 5.97 Å². The minimum Gasteiger partial charge on any atom is -0.479 e. The first-order chi connectivity index (χ1) is 9.85. The zero-order chi connectivity index (χ0) is 15.6. The molecule has 2 atom stereocenters. The smallest absolute Gasteiger partial charge is 0.329 e. The van der Waals surface area contributed by atoms with Crippen LogP contribution in [0, 0.1) is 11.7 Å². The highest BCUT2D eigenvalue weighted by molar-refractivity contribution is 9.10. The number of aliphatic carboxylic acids is 1. The van der Waals surface area contributed by atoms with E-state index in [1.54, 1.807) is 0 Å². The maximum atomic E-state index is 13.4. The topological polar surface area (TPSA) is 66.4 Å². The van der Waals surface area contributed by atoms with Crippen LogP contribution in [0.2, 0.25) is 0 Å². The lowest BCUT2D eigenvalue weighted by Gasteiger charge is -2.39. The van der Waals surface area contributed by atoms with Gasteiger partial charge in [0.15, 0.2) is 0 Å². The molecule has 21 heavy (non-hydrogen) atoms. The van der Waals surface area contributed by atoms with Crippen molar-refractivity contribution < 1.29 is 19.1 Å². The Kier molecular flexibility index (Phi) is 4.66. The average molecular weight is 358 g/mol. The van der Waals surface area contributed by atoms with Crippen LogP contribution in [0.25, 0.3) is 0 Å². The van der Waals surface area contributed by atoms with Crippen molar-refractivity contribution in [1.82, 2.24) is 5.32 Å². The Morgan fingerprint density at radius 3 is 2.67 bits per heavy atom. The summed E-state index contributed by atoms with van der Waals surface area (Å²) in [5, 5.41) is 12.2. The van der Waals surface area contributed by atoms with Crippen molar-refractivity contribution in [2.75, 3.05) is 0 Å². The molecule has 0 saturated heterocycles. The molecule has 1 aliphatic carbocycles. The first-order valence-corrected chi connectivity index (χ1v) is 7.66. The quantitative estimate of drug-likeness (QED) is 0.871. The van der Waals surface area contributed by atoms with E-state index in [1.165, 1.54) is 12.1 Å². The molecule has 1 aromatic rings. The van der Waals surface area contributed by atoms with Crippen molar-refractivity contribution in [3.63, 3.8) is 0 Å². The largest absolute Gasteiger partial charge is 0.479 e. The minimum absolute atomic E-state index is 0.111. The van der Waals surface area contributed by atoms with E-state index in [0.717, 1.165) is 25.3 Å². The number of nitrogens with one attached hydrogen (secondary N) is 1. The number of carboxylic acids is 1. The summed E-state index contributed by atoms with van der Waals surface area (Å²) in [7, 11) is 0. The van der Waals surface area contributed by atoms with Crippen molar-refractivity contribution in [2.24, 2.45) is 5.92 Å². The molecule has 0 spiro atoms. The SMILES string of the molecule is CC1CCCCC1(NC(=O)c1cc(F)cc(Br)c1)C(=O)O. The van der Waals surface area contributed by atoms with Crippen molar-refractivity contribution >= 4 is 27.8 Å². The monoisotopic (exact) mass is 357 g/mol. The molecule has 0 heterocycles. The molecule has 1 aliphatic rings. The van der Waals surface area contributed by atoms with Gasteiger partial charge in [0.1, 0.15) is 11.4 Å². The van der Waals surface area contributed by atoms with Gasteiger partial charge in [0.25, 0.3) is 5.91 Å². The second kappa shape index (κ2) is 6.13. The molecule has 1 saturated carbocycles. The predicted molar refractivity (Wildman–Crippen MR) is 79.6 cm³/mol. The summed E-state index contributed by atoms with van der Waals surface area (Å²) in [5.74, 6) is -2.30. The van der Waals surface area contributed by atoms with Gasteiger partial charge in [-0.25, -0.2) is 9.18 Å². The van der Waals surface area contributed by atoms with Crippen LogP contribution in [0.1, 0.15) is 43.0 Å². The molecule has 114 valence electrons. The number of rotatable bonds is 3. The van der Waals surface area contributed by atoms with E-state index < -0.39 is 23.2 Å². The van der Waals surface area contributed by atoms with Gasteiger partial charge in [0.2, 0.25) is 0 Å². The third-order valence-electron chi connectivity index (χ3n) is 4.14. The number of benzene rings is 1. The number of halogens is 2. The molecular weight excluding hydrogens is 341 g/mol. The second-order valence-electron chi connectivity index (χ2n) is 5.54. The molecule has 0 bridgehead atoms. The van der Waals surface area contributed by atoms with E-state index in [4.69, 9.17) is 0 Å². The average Bonchev–Trinajstić information content (AvgIpc) is 2.40. The third kappa shape index (κ3) is 3.26. The van der Waals surface area contributed by atoms with Crippen LogP contribution < -0.4 is 5.32 Å².